The van der Waals surface area contributed by atoms with Crippen LogP contribution >= 0.6 is 0 Å². The highest BCUT2D eigenvalue weighted by Gasteiger charge is 2.07. The van der Waals surface area contributed by atoms with E-state index >= 15 is 0 Å². The molecule has 0 radical (unpaired) electrons. The minimum absolute atomic E-state index is 0.154. The number of aldehydes is 1. The quantitative estimate of drug-likeness (QED) is 0.551. The Kier molecular flexibility index (Phi) is 3.85. The first-order chi connectivity index (χ1) is 7.21. The number of hydrogen-bond acceptors (Lipinski definition) is 4. The third-order valence-electron chi connectivity index (χ3n) is 2.00. The van der Waals surface area contributed by atoms with Crippen LogP contribution in [0.4, 0.5) is 0 Å². The Balaban J connectivity index is 2.92. The topological polar surface area (TPSA) is 52.6 Å². The van der Waals surface area contributed by atoms with Gasteiger partial charge in [0.25, 0.3) is 0 Å². The molecule has 0 aliphatic heterocycles. The van der Waals surface area contributed by atoms with Gasteiger partial charge in [-0.3, -0.25) is 9.59 Å². The molecular formula is C11H12O4. The molecule has 0 heterocycles. The minimum atomic E-state index is -0.336. The fraction of sp³-hybridized carbons (Fsp3) is 0.273. The first kappa shape index (κ1) is 11.2. The Bertz CT molecular complexity index is 371. The molecule has 4 nitrogen and oxygen atoms in total. The van der Waals surface area contributed by atoms with Crippen LogP contribution in [-0.2, 0) is 16.0 Å². The zero-order valence-corrected chi connectivity index (χ0v) is 8.65. The second kappa shape index (κ2) is 5.14. The van der Waals surface area contributed by atoms with Gasteiger partial charge in [-0.1, -0.05) is 6.07 Å². The van der Waals surface area contributed by atoms with Crippen LogP contribution in [0, 0.1) is 0 Å². The smallest absolute Gasteiger partial charge is 0.309 e. The second-order valence-corrected chi connectivity index (χ2v) is 2.95. The number of carbonyl (C=O) groups is 2. The van der Waals surface area contributed by atoms with Crippen molar-refractivity contribution in [1.82, 2.24) is 0 Å². The summed E-state index contributed by atoms with van der Waals surface area (Å²) in [6.45, 7) is 0. The number of rotatable bonds is 4. The average Bonchev–Trinajstić information content (AvgIpc) is 2.28. The Morgan fingerprint density at radius 3 is 2.67 bits per heavy atom. The SMILES string of the molecule is COC(=O)Cc1ccc(OC)c(C=O)c1. The molecule has 0 N–H and O–H groups in total. The van der Waals surface area contributed by atoms with E-state index < -0.39 is 0 Å². The van der Waals surface area contributed by atoms with E-state index in [-0.39, 0.29) is 12.4 Å². The van der Waals surface area contributed by atoms with E-state index in [2.05, 4.69) is 4.74 Å². The monoisotopic (exact) mass is 208 g/mol. The number of ether oxygens (including phenoxy) is 2. The van der Waals surface area contributed by atoms with Crippen molar-refractivity contribution in [3.63, 3.8) is 0 Å². The maximum absolute atomic E-state index is 11.0. The molecule has 15 heavy (non-hydrogen) atoms. The van der Waals surface area contributed by atoms with E-state index in [4.69, 9.17) is 4.74 Å². The van der Waals surface area contributed by atoms with Gasteiger partial charge in [-0.05, 0) is 17.7 Å². The van der Waals surface area contributed by atoms with Crippen LogP contribution in [0.25, 0.3) is 0 Å². The van der Waals surface area contributed by atoms with Gasteiger partial charge < -0.3 is 9.47 Å². The van der Waals surface area contributed by atoms with Crippen molar-refractivity contribution in [2.45, 2.75) is 6.42 Å². The summed E-state index contributed by atoms with van der Waals surface area (Å²) in [7, 11) is 2.81. The minimum Gasteiger partial charge on any atom is -0.496 e. The predicted molar refractivity (Wildman–Crippen MR) is 54.1 cm³/mol. The molecule has 80 valence electrons. The fourth-order valence-corrected chi connectivity index (χ4v) is 1.22. The van der Waals surface area contributed by atoms with Gasteiger partial charge in [0.15, 0.2) is 6.29 Å². The third kappa shape index (κ3) is 2.80. The van der Waals surface area contributed by atoms with E-state index in [1.54, 1.807) is 18.2 Å². The summed E-state index contributed by atoms with van der Waals surface area (Å²) in [5.74, 6) is 0.163. The van der Waals surface area contributed by atoms with E-state index in [1.165, 1.54) is 14.2 Å². The van der Waals surface area contributed by atoms with Crippen molar-refractivity contribution in [1.29, 1.82) is 0 Å². The normalized spacial score (nSPS) is 9.47. The van der Waals surface area contributed by atoms with Crippen molar-refractivity contribution >= 4 is 12.3 Å². The van der Waals surface area contributed by atoms with Gasteiger partial charge in [-0.15, -0.1) is 0 Å². The Morgan fingerprint density at radius 1 is 1.40 bits per heavy atom. The summed E-state index contributed by atoms with van der Waals surface area (Å²) in [5.41, 5.74) is 1.16. The first-order valence-electron chi connectivity index (χ1n) is 4.40. The maximum atomic E-state index is 11.0. The van der Waals surface area contributed by atoms with E-state index in [0.29, 0.717) is 17.6 Å². The molecule has 0 aromatic heterocycles. The molecule has 0 amide bonds. The van der Waals surface area contributed by atoms with Crippen LogP contribution in [0.15, 0.2) is 18.2 Å². The highest BCUT2D eigenvalue weighted by molar-refractivity contribution is 5.81. The van der Waals surface area contributed by atoms with E-state index in [0.717, 1.165) is 5.56 Å². The van der Waals surface area contributed by atoms with Crippen molar-refractivity contribution in [2.24, 2.45) is 0 Å². The molecule has 4 heteroatoms. The van der Waals surface area contributed by atoms with Gasteiger partial charge in [-0.25, -0.2) is 0 Å². The number of hydrogen-bond donors (Lipinski definition) is 0. The maximum Gasteiger partial charge on any atom is 0.309 e. The van der Waals surface area contributed by atoms with Crippen molar-refractivity contribution in [3.8, 4) is 5.75 Å². The summed E-state index contributed by atoms with van der Waals surface area (Å²) in [4.78, 5) is 21.7. The second-order valence-electron chi connectivity index (χ2n) is 2.95. The van der Waals surface area contributed by atoms with E-state index in [1.807, 2.05) is 0 Å². The summed E-state index contributed by atoms with van der Waals surface area (Å²) >= 11 is 0. The van der Waals surface area contributed by atoms with Gasteiger partial charge in [0.05, 0.1) is 26.2 Å². The predicted octanol–water partition coefficient (Wildman–Crippen LogP) is 1.22. The molecule has 0 aliphatic rings. The molecule has 0 bridgehead atoms. The Labute approximate surface area is 87.8 Å². The van der Waals surface area contributed by atoms with Crippen LogP contribution in [0.1, 0.15) is 15.9 Å². The summed E-state index contributed by atoms with van der Waals surface area (Å²) in [6, 6.07) is 4.99. The number of esters is 1. The zero-order chi connectivity index (χ0) is 11.3. The lowest BCUT2D eigenvalue weighted by atomic mass is 10.1. The molecular weight excluding hydrogens is 196 g/mol. The lowest BCUT2D eigenvalue weighted by molar-refractivity contribution is -0.139. The Hall–Kier alpha value is -1.84. The summed E-state index contributed by atoms with van der Waals surface area (Å²) < 4.78 is 9.50. The van der Waals surface area contributed by atoms with Gasteiger partial charge in [-0.2, -0.15) is 0 Å². The van der Waals surface area contributed by atoms with Crippen LogP contribution in [-0.4, -0.2) is 26.5 Å². The van der Waals surface area contributed by atoms with Gasteiger partial charge in [0, 0.05) is 0 Å². The molecule has 0 spiro atoms. The fourth-order valence-electron chi connectivity index (χ4n) is 1.22. The highest BCUT2D eigenvalue weighted by atomic mass is 16.5. The lowest BCUT2D eigenvalue weighted by Crippen LogP contribution is -2.05. The van der Waals surface area contributed by atoms with Gasteiger partial charge in [0.2, 0.25) is 0 Å². The molecule has 0 atom stereocenters. The van der Waals surface area contributed by atoms with Gasteiger partial charge >= 0.3 is 5.97 Å². The zero-order valence-electron chi connectivity index (χ0n) is 8.65. The molecule has 0 aliphatic carbocycles. The molecule has 1 aromatic rings. The van der Waals surface area contributed by atoms with Crippen LogP contribution in [0.2, 0.25) is 0 Å². The highest BCUT2D eigenvalue weighted by Crippen LogP contribution is 2.18. The van der Waals surface area contributed by atoms with Crippen molar-refractivity contribution in [3.05, 3.63) is 29.3 Å². The molecule has 0 saturated carbocycles. The van der Waals surface area contributed by atoms with Crippen molar-refractivity contribution in [2.75, 3.05) is 14.2 Å². The number of benzene rings is 1. The number of carbonyl (C=O) groups excluding carboxylic acids is 2. The largest absolute Gasteiger partial charge is 0.496 e. The standard InChI is InChI=1S/C11H12O4/c1-14-10-4-3-8(5-9(10)7-12)6-11(13)15-2/h3-5,7H,6H2,1-2H3. The summed E-state index contributed by atoms with van der Waals surface area (Å²) in [6.07, 6.45) is 0.848. The summed E-state index contributed by atoms with van der Waals surface area (Å²) in [5, 5.41) is 0. The van der Waals surface area contributed by atoms with Gasteiger partial charge in [0.1, 0.15) is 5.75 Å². The molecule has 1 rings (SSSR count). The van der Waals surface area contributed by atoms with Crippen LogP contribution < -0.4 is 4.74 Å². The first-order valence-corrected chi connectivity index (χ1v) is 4.40. The Morgan fingerprint density at radius 2 is 2.13 bits per heavy atom. The molecule has 0 fully saturated rings. The van der Waals surface area contributed by atoms with Crippen molar-refractivity contribution < 1.29 is 19.1 Å². The average molecular weight is 208 g/mol. The molecule has 0 unspecified atom stereocenters. The van der Waals surface area contributed by atoms with E-state index in [9.17, 15) is 9.59 Å². The number of methoxy groups -OCH3 is 2. The lowest BCUT2D eigenvalue weighted by Gasteiger charge is -2.05. The molecule has 0 saturated heterocycles. The van der Waals surface area contributed by atoms with Crippen LogP contribution in [0.5, 0.6) is 5.75 Å². The third-order valence-corrected chi connectivity index (χ3v) is 2.00. The molecule has 1 aromatic carbocycles. The van der Waals surface area contributed by atoms with Crippen LogP contribution in [0.3, 0.4) is 0 Å².